The van der Waals surface area contributed by atoms with Crippen LogP contribution >= 0.6 is 12.2 Å². The summed E-state index contributed by atoms with van der Waals surface area (Å²) < 4.78 is 0. The average Bonchev–Trinajstić information content (AvgIpc) is 2.39. The average molecular weight is 285 g/mol. The van der Waals surface area contributed by atoms with E-state index < -0.39 is 0 Å². The lowest BCUT2D eigenvalue weighted by atomic mass is 10.1. The fourth-order valence-electron chi connectivity index (χ4n) is 1.89. The van der Waals surface area contributed by atoms with Gasteiger partial charge in [0.1, 0.15) is 5.82 Å². The molecular weight excluding hydrogens is 266 g/mol. The molecule has 0 aliphatic carbocycles. The van der Waals surface area contributed by atoms with Crippen molar-refractivity contribution in [2.24, 2.45) is 0 Å². The maximum Gasteiger partial charge on any atom is 0.172 e. The highest BCUT2D eigenvalue weighted by atomic mass is 32.1. The summed E-state index contributed by atoms with van der Waals surface area (Å²) in [6, 6.07) is 12.5. The Morgan fingerprint density at radius 3 is 2.45 bits per heavy atom. The van der Waals surface area contributed by atoms with E-state index in [9.17, 15) is 0 Å². The molecule has 104 valence electrons. The Bertz CT molecular complexity index is 593. The second-order valence-corrected chi connectivity index (χ2v) is 5.36. The van der Waals surface area contributed by atoms with Crippen molar-refractivity contribution >= 4 is 23.1 Å². The molecule has 2 aromatic rings. The van der Waals surface area contributed by atoms with Crippen LogP contribution in [0.3, 0.4) is 0 Å². The molecule has 0 spiro atoms. The van der Waals surface area contributed by atoms with Gasteiger partial charge >= 0.3 is 0 Å². The van der Waals surface area contributed by atoms with E-state index in [1.807, 2.05) is 19.1 Å². The van der Waals surface area contributed by atoms with Gasteiger partial charge in [-0.1, -0.05) is 29.8 Å². The van der Waals surface area contributed by atoms with Crippen LogP contribution in [-0.2, 0) is 0 Å². The molecule has 0 bridgehead atoms. The maximum atomic E-state index is 5.32. The van der Waals surface area contributed by atoms with E-state index >= 15 is 0 Å². The Labute approximate surface area is 125 Å². The number of aryl methyl sites for hydroxylation is 2. The molecule has 2 rings (SSSR count). The third-order valence-electron chi connectivity index (χ3n) is 3.08. The van der Waals surface area contributed by atoms with E-state index in [2.05, 4.69) is 53.7 Å². The van der Waals surface area contributed by atoms with Crippen molar-refractivity contribution in [2.45, 2.75) is 26.8 Å². The van der Waals surface area contributed by atoms with Gasteiger partial charge in [0.25, 0.3) is 0 Å². The van der Waals surface area contributed by atoms with E-state index in [-0.39, 0.29) is 6.04 Å². The quantitative estimate of drug-likeness (QED) is 0.842. The molecule has 0 aliphatic heterocycles. The molecule has 1 atom stereocenters. The van der Waals surface area contributed by atoms with Crippen molar-refractivity contribution in [1.82, 2.24) is 10.3 Å². The molecule has 3 nitrogen and oxygen atoms in total. The highest BCUT2D eigenvalue weighted by molar-refractivity contribution is 7.80. The normalized spacial score (nSPS) is 11.8. The van der Waals surface area contributed by atoms with E-state index in [4.69, 9.17) is 12.2 Å². The zero-order valence-electron chi connectivity index (χ0n) is 12.0. The van der Waals surface area contributed by atoms with Crippen LogP contribution in [0.4, 0.5) is 5.82 Å². The van der Waals surface area contributed by atoms with Crippen LogP contribution in [0.15, 0.2) is 42.6 Å². The summed E-state index contributed by atoms with van der Waals surface area (Å²) >= 11 is 5.32. The summed E-state index contributed by atoms with van der Waals surface area (Å²) in [6.45, 7) is 6.19. The van der Waals surface area contributed by atoms with E-state index in [0.717, 1.165) is 11.4 Å². The lowest BCUT2D eigenvalue weighted by Gasteiger charge is -2.17. The number of rotatable bonds is 3. The van der Waals surface area contributed by atoms with Crippen LogP contribution < -0.4 is 10.6 Å². The largest absolute Gasteiger partial charge is 0.356 e. The molecule has 1 unspecified atom stereocenters. The second kappa shape index (κ2) is 6.48. The molecule has 2 N–H and O–H groups in total. The first kappa shape index (κ1) is 14.5. The third kappa shape index (κ3) is 4.03. The molecule has 0 radical (unpaired) electrons. The summed E-state index contributed by atoms with van der Waals surface area (Å²) in [5.74, 6) is 0.763. The molecule has 0 aliphatic rings. The zero-order valence-corrected chi connectivity index (χ0v) is 12.8. The molecule has 0 saturated heterocycles. The van der Waals surface area contributed by atoms with Crippen LogP contribution in [0.2, 0.25) is 0 Å². The number of thiocarbonyl (C=S) groups is 1. The standard InChI is InChI=1S/C16H19N3S/c1-11-4-6-14(7-5-11)13(3)18-16(20)19-15-10-12(2)8-9-17-15/h4-10,13H,1-3H3,(H2,17,18,19,20). The fraction of sp³-hybridized carbons (Fsp3) is 0.250. The van der Waals surface area contributed by atoms with Gasteiger partial charge in [0.05, 0.1) is 6.04 Å². The predicted octanol–water partition coefficient (Wildman–Crippen LogP) is 3.75. The van der Waals surface area contributed by atoms with Crippen LogP contribution in [0, 0.1) is 13.8 Å². The minimum atomic E-state index is 0.153. The topological polar surface area (TPSA) is 37.0 Å². The Balaban J connectivity index is 1.95. The van der Waals surface area contributed by atoms with Gasteiger partial charge in [-0.2, -0.15) is 0 Å². The molecule has 1 aromatic heterocycles. The van der Waals surface area contributed by atoms with Gasteiger partial charge in [-0.25, -0.2) is 4.98 Å². The third-order valence-corrected chi connectivity index (χ3v) is 3.30. The SMILES string of the molecule is Cc1ccc(C(C)NC(=S)Nc2cc(C)ccn2)cc1. The number of nitrogens with zero attached hydrogens (tertiary/aromatic N) is 1. The summed E-state index contributed by atoms with van der Waals surface area (Å²) in [5, 5.41) is 6.95. The summed E-state index contributed by atoms with van der Waals surface area (Å²) in [6.07, 6.45) is 1.77. The predicted molar refractivity (Wildman–Crippen MR) is 87.9 cm³/mol. The molecule has 0 fully saturated rings. The molecule has 1 aromatic carbocycles. The Hall–Kier alpha value is -1.94. The number of aromatic nitrogens is 1. The van der Waals surface area contributed by atoms with Gasteiger partial charge in [-0.05, 0) is 56.2 Å². The number of anilines is 1. The minimum Gasteiger partial charge on any atom is -0.356 e. The lowest BCUT2D eigenvalue weighted by molar-refractivity contribution is 0.722. The smallest absolute Gasteiger partial charge is 0.172 e. The number of hydrogen-bond acceptors (Lipinski definition) is 2. The van der Waals surface area contributed by atoms with E-state index in [1.165, 1.54) is 11.1 Å². The first-order valence-corrected chi connectivity index (χ1v) is 7.02. The summed E-state index contributed by atoms with van der Waals surface area (Å²) in [5.41, 5.74) is 3.61. The summed E-state index contributed by atoms with van der Waals surface area (Å²) in [4.78, 5) is 4.23. The Kier molecular flexibility index (Phi) is 4.69. The van der Waals surface area contributed by atoms with Crippen molar-refractivity contribution in [3.63, 3.8) is 0 Å². The van der Waals surface area contributed by atoms with Gasteiger partial charge in [-0.3, -0.25) is 0 Å². The summed E-state index contributed by atoms with van der Waals surface area (Å²) in [7, 11) is 0. The van der Waals surface area contributed by atoms with Crippen molar-refractivity contribution in [2.75, 3.05) is 5.32 Å². The fourth-order valence-corrected chi connectivity index (χ4v) is 2.17. The zero-order chi connectivity index (χ0) is 14.5. The first-order valence-electron chi connectivity index (χ1n) is 6.61. The molecule has 4 heteroatoms. The van der Waals surface area contributed by atoms with Crippen molar-refractivity contribution < 1.29 is 0 Å². The van der Waals surface area contributed by atoms with Crippen molar-refractivity contribution in [3.8, 4) is 0 Å². The monoisotopic (exact) mass is 285 g/mol. The molecule has 1 heterocycles. The maximum absolute atomic E-state index is 5.32. The number of benzene rings is 1. The van der Waals surface area contributed by atoms with Crippen LogP contribution in [0.1, 0.15) is 29.7 Å². The van der Waals surface area contributed by atoms with Gasteiger partial charge in [0.15, 0.2) is 5.11 Å². The van der Waals surface area contributed by atoms with Crippen LogP contribution in [-0.4, -0.2) is 10.1 Å². The molecule has 0 saturated carbocycles. The van der Waals surface area contributed by atoms with Gasteiger partial charge in [0.2, 0.25) is 0 Å². The van der Waals surface area contributed by atoms with Crippen LogP contribution in [0.25, 0.3) is 0 Å². The molecular formula is C16H19N3S. The van der Waals surface area contributed by atoms with Crippen LogP contribution in [0.5, 0.6) is 0 Å². The van der Waals surface area contributed by atoms with Gasteiger partial charge in [0, 0.05) is 6.20 Å². The van der Waals surface area contributed by atoms with E-state index in [1.54, 1.807) is 6.20 Å². The minimum absolute atomic E-state index is 0.153. The molecule has 0 amide bonds. The number of hydrogen-bond donors (Lipinski definition) is 2. The first-order chi connectivity index (χ1) is 9.54. The molecule has 20 heavy (non-hydrogen) atoms. The highest BCUT2D eigenvalue weighted by Gasteiger charge is 2.07. The number of pyridine rings is 1. The van der Waals surface area contributed by atoms with Crippen molar-refractivity contribution in [3.05, 3.63) is 59.3 Å². The Morgan fingerprint density at radius 1 is 1.10 bits per heavy atom. The highest BCUT2D eigenvalue weighted by Crippen LogP contribution is 2.13. The number of nitrogens with one attached hydrogen (secondary N) is 2. The van der Waals surface area contributed by atoms with Gasteiger partial charge < -0.3 is 10.6 Å². The van der Waals surface area contributed by atoms with Crippen molar-refractivity contribution in [1.29, 1.82) is 0 Å². The van der Waals surface area contributed by atoms with E-state index in [0.29, 0.717) is 5.11 Å². The van der Waals surface area contributed by atoms with Gasteiger partial charge in [-0.15, -0.1) is 0 Å². The lowest BCUT2D eigenvalue weighted by Crippen LogP contribution is -2.31. The second-order valence-electron chi connectivity index (χ2n) is 4.95. The Morgan fingerprint density at radius 2 is 1.80 bits per heavy atom.